The van der Waals surface area contributed by atoms with Gasteiger partial charge in [-0.05, 0) is 38.1 Å². The largest absolute Gasteiger partial charge is 0.487 e. The van der Waals surface area contributed by atoms with E-state index in [0.717, 1.165) is 0 Å². The van der Waals surface area contributed by atoms with Crippen molar-refractivity contribution in [2.45, 2.75) is 20.5 Å². The molecular weight excluding hydrogens is 262 g/mol. The van der Waals surface area contributed by atoms with Gasteiger partial charge < -0.3 is 9.47 Å². The van der Waals surface area contributed by atoms with E-state index in [9.17, 15) is 4.79 Å². The smallest absolute Gasteiger partial charge is 0.411 e. The van der Waals surface area contributed by atoms with E-state index in [4.69, 9.17) is 9.47 Å². The van der Waals surface area contributed by atoms with Crippen molar-refractivity contribution in [1.29, 1.82) is 0 Å². The molecule has 1 amide bonds. The number of anilines is 1. The van der Waals surface area contributed by atoms with Gasteiger partial charge in [-0.2, -0.15) is 0 Å². The maximum atomic E-state index is 11.2. The summed E-state index contributed by atoms with van der Waals surface area (Å²) in [6, 6.07) is 6.93. The fourth-order valence-electron chi connectivity index (χ4n) is 1.45. The second-order valence-corrected chi connectivity index (χ2v) is 3.95. The van der Waals surface area contributed by atoms with Crippen molar-refractivity contribution < 1.29 is 18.9 Å². The van der Waals surface area contributed by atoms with Crippen molar-refractivity contribution in [1.82, 2.24) is 10.3 Å². The number of hydrogen-bond donors (Lipinski definition) is 1. The third-order valence-electron chi connectivity index (χ3n) is 2.50. The molecule has 7 nitrogen and oxygen atoms in total. The van der Waals surface area contributed by atoms with E-state index in [-0.39, 0.29) is 6.61 Å². The van der Waals surface area contributed by atoms with Gasteiger partial charge in [-0.1, -0.05) is 10.3 Å². The van der Waals surface area contributed by atoms with E-state index in [1.807, 2.05) is 0 Å². The number of nitrogens with zero attached hydrogens (tertiary/aromatic N) is 2. The summed E-state index contributed by atoms with van der Waals surface area (Å²) in [6.07, 6.45) is -0.481. The average Bonchev–Trinajstić information content (AvgIpc) is 2.84. The quantitative estimate of drug-likeness (QED) is 0.903. The molecule has 0 aliphatic carbocycles. The Bertz CT molecular complexity index is 565. The normalized spacial score (nSPS) is 10.1. The SMILES string of the molecule is CCOC(=O)Nc1ccc(OCc2nonc2C)cc1. The molecule has 0 aliphatic rings. The molecule has 0 spiro atoms. The molecule has 0 fully saturated rings. The van der Waals surface area contributed by atoms with Crippen molar-refractivity contribution in [3.8, 4) is 5.75 Å². The van der Waals surface area contributed by atoms with Crippen LogP contribution < -0.4 is 10.1 Å². The van der Waals surface area contributed by atoms with E-state index >= 15 is 0 Å². The Balaban J connectivity index is 1.88. The lowest BCUT2D eigenvalue weighted by Gasteiger charge is -2.07. The Hall–Kier alpha value is -2.57. The molecule has 20 heavy (non-hydrogen) atoms. The lowest BCUT2D eigenvalue weighted by atomic mass is 10.3. The van der Waals surface area contributed by atoms with Gasteiger partial charge in [0.25, 0.3) is 0 Å². The van der Waals surface area contributed by atoms with E-state index < -0.39 is 6.09 Å². The summed E-state index contributed by atoms with van der Waals surface area (Å²) in [5.74, 6) is 0.654. The summed E-state index contributed by atoms with van der Waals surface area (Å²) in [6.45, 7) is 4.15. The number of hydrogen-bond acceptors (Lipinski definition) is 6. The van der Waals surface area contributed by atoms with E-state index in [1.165, 1.54) is 0 Å². The van der Waals surface area contributed by atoms with Crippen LogP contribution in [0.25, 0.3) is 0 Å². The van der Waals surface area contributed by atoms with Crippen LogP contribution in [0.1, 0.15) is 18.3 Å². The van der Waals surface area contributed by atoms with Gasteiger partial charge >= 0.3 is 6.09 Å². The summed E-state index contributed by atoms with van der Waals surface area (Å²) in [4.78, 5) is 11.2. The number of carbonyl (C=O) groups is 1. The lowest BCUT2D eigenvalue weighted by molar-refractivity contribution is 0.168. The van der Waals surface area contributed by atoms with Crippen LogP contribution in [0.4, 0.5) is 10.5 Å². The second kappa shape index (κ2) is 6.55. The molecule has 2 rings (SSSR count). The zero-order chi connectivity index (χ0) is 14.4. The third-order valence-corrected chi connectivity index (χ3v) is 2.50. The van der Waals surface area contributed by atoms with Crippen LogP contribution in [0.15, 0.2) is 28.9 Å². The molecule has 1 aromatic heterocycles. The predicted molar refractivity (Wildman–Crippen MR) is 70.5 cm³/mol. The number of amides is 1. The minimum Gasteiger partial charge on any atom is -0.487 e. The van der Waals surface area contributed by atoms with Crippen LogP contribution in [-0.4, -0.2) is 23.0 Å². The van der Waals surface area contributed by atoms with Crippen molar-refractivity contribution in [2.75, 3.05) is 11.9 Å². The van der Waals surface area contributed by atoms with Crippen molar-refractivity contribution in [3.63, 3.8) is 0 Å². The molecule has 7 heteroatoms. The standard InChI is InChI=1S/C13H15N3O4/c1-3-18-13(17)14-10-4-6-11(7-5-10)19-8-12-9(2)15-20-16-12/h4-7H,3,8H2,1-2H3,(H,14,17). The first kappa shape index (κ1) is 13.9. The van der Waals surface area contributed by atoms with Crippen LogP contribution in [0.3, 0.4) is 0 Å². The molecule has 1 aromatic carbocycles. The minimum absolute atomic E-state index is 0.278. The molecule has 0 aliphatic heterocycles. The lowest BCUT2D eigenvalue weighted by Crippen LogP contribution is -2.13. The van der Waals surface area contributed by atoms with Crippen LogP contribution >= 0.6 is 0 Å². The van der Waals surface area contributed by atoms with E-state index in [0.29, 0.717) is 29.4 Å². The Morgan fingerprint density at radius 1 is 1.30 bits per heavy atom. The van der Waals surface area contributed by atoms with Crippen LogP contribution in [0.2, 0.25) is 0 Å². The Morgan fingerprint density at radius 2 is 2.05 bits per heavy atom. The van der Waals surface area contributed by atoms with Gasteiger partial charge in [-0.15, -0.1) is 0 Å². The number of ether oxygens (including phenoxy) is 2. The molecule has 0 saturated carbocycles. The third kappa shape index (κ3) is 3.71. The summed E-state index contributed by atoms with van der Waals surface area (Å²) in [5, 5.41) is 9.98. The van der Waals surface area contributed by atoms with Gasteiger partial charge in [0.1, 0.15) is 23.7 Å². The van der Waals surface area contributed by atoms with Crippen molar-refractivity contribution in [2.24, 2.45) is 0 Å². The van der Waals surface area contributed by atoms with Gasteiger partial charge in [0, 0.05) is 5.69 Å². The van der Waals surface area contributed by atoms with Gasteiger partial charge in [-0.3, -0.25) is 5.32 Å². The van der Waals surface area contributed by atoms with Gasteiger partial charge in [0.2, 0.25) is 0 Å². The zero-order valence-electron chi connectivity index (χ0n) is 11.3. The number of carbonyl (C=O) groups excluding carboxylic acids is 1. The number of nitrogens with one attached hydrogen (secondary N) is 1. The Labute approximate surface area is 115 Å². The first-order valence-corrected chi connectivity index (χ1v) is 6.13. The molecule has 0 atom stereocenters. The van der Waals surface area contributed by atoms with Crippen LogP contribution in [0, 0.1) is 6.92 Å². The highest BCUT2D eigenvalue weighted by Gasteiger charge is 2.06. The fourth-order valence-corrected chi connectivity index (χ4v) is 1.45. The summed E-state index contributed by atoms with van der Waals surface area (Å²) >= 11 is 0. The molecule has 0 bridgehead atoms. The molecule has 0 saturated heterocycles. The van der Waals surface area contributed by atoms with E-state index in [1.54, 1.807) is 38.1 Å². The monoisotopic (exact) mass is 277 g/mol. The Morgan fingerprint density at radius 3 is 2.65 bits per heavy atom. The molecule has 0 unspecified atom stereocenters. The molecule has 2 aromatic rings. The topological polar surface area (TPSA) is 86.5 Å². The molecule has 106 valence electrons. The number of rotatable bonds is 5. The second-order valence-electron chi connectivity index (χ2n) is 3.95. The predicted octanol–water partition coefficient (Wildman–Crippen LogP) is 2.53. The molecule has 1 N–H and O–H groups in total. The van der Waals surface area contributed by atoms with Gasteiger partial charge in [-0.25, -0.2) is 9.42 Å². The number of aromatic nitrogens is 2. The molecule has 0 radical (unpaired) electrons. The Kier molecular flexibility index (Phi) is 4.54. The summed E-state index contributed by atoms with van der Waals surface area (Å²) < 4.78 is 14.9. The first-order valence-electron chi connectivity index (χ1n) is 6.13. The maximum absolute atomic E-state index is 11.2. The highest BCUT2D eigenvalue weighted by Crippen LogP contribution is 2.17. The fraction of sp³-hybridized carbons (Fsp3) is 0.308. The van der Waals surface area contributed by atoms with Gasteiger partial charge in [0.05, 0.1) is 6.61 Å². The van der Waals surface area contributed by atoms with E-state index in [2.05, 4.69) is 20.3 Å². The van der Waals surface area contributed by atoms with Crippen LogP contribution in [-0.2, 0) is 11.3 Å². The molecule has 1 heterocycles. The number of aryl methyl sites for hydroxylation is 1. The number of benzene rings is 1. The molecular formula is C13H15N3O4. The van der Waals surface area contributed by atoms with Crippen molar-refractivity contribution in [3.05, 3.63) is 35.7 Å². The maximum Gasteiger partial charge on any atom is 0.411 e. The minimum atomic E-state index is -0.481. The van der Waals surface area contributed by atoms with Crippen LogP contribution in [0.5, 0.6) is 5.75 Å². The summed E-state index contributed by atoms with van der Waals surface area (Å²) in [7, 11) is 0. The van der Waals surface area contributed by atoms with Gasteiger partial charge in [0.15, 0.2) is 0 Å². The average molecular weight is 277 g/mol. The highest BCUT2D eigenvalue weighted by molar-refractivity contribution is 5.84. The zero-order valence-corrected chi connectivity index (χ0v) is 11.3. The summed E-state index contributed by atoms with van der Waals surface area (Å²) in [5.41, 5.74) is 1.99. The highest BCUT2D eigenvalue weighted by atomic mass is 16.6. The van der Waals surface area contributed by atoms with Crippen molar-refractivity contribution >= 4 is 11.8 Å². The first-order chi connectivity index (χ1) is 9.69.